The molecule has 0 spiro atoms. The zero-order chi connectivity index (χ0) is 19.7. The van der Waals surface area contributed by atoms with Gasteiger partial charge in [-0.25, -0.2) is 0 Å². The Balaban J connectivity index is 1.61. The van der Waals surface area contributed by atoms with Crippen LogP contribution in [-0.2, 0) is 11.8 Å². The van der Waals surface area contributed by atoms with Gasteiger partial charge in [-0.05, 0) is 24.6 Å². The molecule has 6 heteroatoms. The van der Waals surface area contributed by atoms with Crippen molar-refractivity contribution in [2.75, 3.05) is 18.0 Å². The molecular weight excluding hydrogens is 352 g/mol. The number of piperazine rings is 1. The number of hydrogen-bond acceptors (Lipinski definition) is 3. The molecule has 0 radical (unpaired) electrons. The molecule has 2 amide bonds. The zero-order valence-electron chi connectivity index (χ0n) is 15.9. The normalized spacial score (nSPS) is 17.1. The highest BCUT2D eigenvalue weighted by Gasteiger charge is 2.35. The topological polar surface area (TPSA) is 58.4 Å². The summed E-state index contributed by atoms with van der Waals surface area (Å²) in [7, 11) is 1.77. The predicted octanol–water partition coefficient (Wildman–Crippen LogP) is 2.96. The second-order valence-corrected chi connectivity index (χ2v) is 7.04. The lowest BCUT2D eigenvalue weighted by molar-refractivity contribution is -0.121. The maximum Gasteiger partial charge on any atom is 0.275 e. The van der Waals surface area contributed by atoms with E-state index in [9.17, 15) is 9.59 Å². The van der Waals surface area contributed by atoms with Gasteiger partial charge >= 0.3 is 0 Å². The van der Waals surface area contributed by atoms with Crippen molar-refractivity contribution in [1.29, 1.82) is 0 Å². The van der Waals surface area contributed by atoms with Crippen LogP contribution in [0.5, 0.6) is 0 Å². The fourth-order valence-corrected chi connectivity index (χ4v) is 3.60. The van der Waals surface area contributed by atoms with Crippen LogP contribution in [0.3, 0.4) is 0 Å². The highest BCUT2D eigenvalue weighted by molar-refractivity contribution is 6.03. The lowest BCUT2D eigenvalue weighted by atomic mass is 10.0. The first-order chi connectivity index (χ1) is 13.5. The van der Waals surface area contributed by atoms with Crippen LogP contribution in [0.15, 0.2) is 66.9 Å². The van der Waals surface area contributed by atoms with Crippen molar-refractivity contribution in [2.24, 2.45) is 7.05 Å². The highest BCUT2D eigenvalue weighted by Crippen LogP contribution is 2.32. The second-order valence-electron chi connectivity index (χ2n) is 7.04. The molecule has 6 nitrogen and oxygen atoms in total. The molecule has 0 unspecified atom stereocenters. The van der Waals surface area contributed by atoms with Gasteiger partial charge in [0.2, 0.25) is 5.91 Å². The third-order valence-electron chi connectivity index (χ3n) is 5.06. The predicted molar refractivity (Wildman–Crippen MR) is 108 cm³/mol. The number of para-hydroxylation sites is 1. The Morgan fingerprint density at radius 3 is 2.46 bits per heavy atom. The largest absolute Gasteiger partial charge is 0.323 e. The lowest BCUT2D eigenvalue weighted by Crippen LogP contribution is -2.57. The quantitative estimate of drug-likeness (QED) is 0.708. The summed E-state index contributed by atoms with van der Waals surface area (Å²) in [4.78, 5) is 29.2. The zero-order valence-corrected chi connectivity index (χ0v) is 15.9. The van der Waals surface area contributed by atoms with Gasteiger partial charge in [0.15, 0.2) is 0 Å². The fraction of sp³-hybridized carbons (Fsp3) is 0.227. The van der Waals surface area contributed by atoms with Gasteiger partial charge in [0.05, 0.1) is 5.69 Å². The summed E-state index contributed by atoms with van der Waals surface area (Å²) < 4.78 is 1.59. The van der Waals surface area contributed by atoms with Crippen molar-refractivity contribution >= 4 is 17.5 Å². The van der Waals surface area contributed by atoms with Crippen molar-refractivity contribution in [1.82, 2.24) is 14.7 Å². The van der Waals surface area contributed by atoms with Gasteiger partial charge in [-0.15, -0.1) is 0 Å². The fourth-order valence-electron chi connectivity index (χ4n) is 3.60. The van der Waals surface area contributed by atoms with Crippen LogP contribution >= 0.6 is 0 Å². The van der Waals surface area contributed by atoms with Crippen molar-refractivity contribution in [3.8, 4) is 11.1 Å². The smallest absolute Gasteiger partial charge is 0.275 e. The first kappa shape index (κ1) is 18.0. The molecule has 2 heterocycles. The van der Waals surface area contributed by atoms with Gasteiger partial charge in [0, 0.05) is 31.4 Å². The van der Waals surface area contributed by atoms with Crippen molar-refractivity contribution in [3.63, 3.8) is 0 Å². The third kappa shape index (κ3) is 3.29. The van der Waals surface area contributed by atoms with E-state index in [2.05, 4.69) is 5.10 Å². The van der Waals surface area contributed by atoms with Crippen LogP contribution in [0.1, 0.15) is 17.4 Å². The summed E-state index contributed by atoms with van der Waals surface area (Å²) in [6.45, 7) is 2.45. The second kappa shape index (κ2) is 7.31. The Morgan fingerprint density at radius 2 is 1.75 bits per heavy atom. The van der Waals surface area contributed by atoms with E-state index in [1.807, 2.05) is 61.5 Å². The Morgan fingerprint density at radius 1 is 1.04 bits per heavy atom. The van der Waals surface area contributed by atoms with Gasteiger partial charge in [0.25, 0.3) is 5.91 Å². The Bertz CT molecular complexity index is 1010. The van der Waals surface area contributed by atoms with Gasteiger partial charge in [0.1, 0.15) is 12.2 Å². The van der Waals surface area contributed by atoms with Crippen LogP contribution in [-0.4, -0.2) is 45.6 Å². The summed E-state index contributed by atoms with van der Waals surface area (Å²) in [5.41, 5.74) is 3.30. The first-order valence-electron chi connectivity index (χ1n) is 9.30. The number of aryl methyl sites for hydroxylation is 1. The molecule has 0 bridgehead atoms. The number of carbonyl (C=O) groups is 2. The van der Waals surface area contributed by atoms with Crippen molar-refractivity contribution < 1.29 is 9.59 Å². The molecule has 2 aromatic carbocycles. The molecule has 1 aliphatic rings. The lowest BCUT2D eigenvalue weighted by Gasteiger charge is -2.39. The summed E-state index contributed by atoms with van der Waals surface area (Å²) in [6.07, 6.45) is 1.73. The Hall–Kier alpha value is -3.41. The van der Waals surface area contributed by atoms with E-state index in [0.29, 0.717) is 12.2 Å². The monoisotopic (exact) mass is 374 g/mol. The molecule has 0 aliphatic carbocycles. The minimum absolute atomic E-state index is 0.0414. The number of amides is 2. The number of aromatic nitrogens is 2. The molecule has 1 atom stereocenters. The first-order valence-corrected chi connectivity index (χ1v) is 9.30. The number of nitrogens with zero attached hydrogens (tertiary/aromatic N) is 4. The van der Waals surface area contributed by atoms with Gasteiger partial charge < -0.3 is 9.80 Å². The van der Waals surface area contributed by atoms with Crippen LogP contribution in [0, 0.1) is 0 Å². The summed E-state index contributed by atoms with van der Waals surface area (Å²) in [6, 6.07) is 19.5. The number of benzene rings is 2. The molecule has 28 heavy (non-hydrogen) atoms. The van der Waals surface area contributed by atoms with Crippen molar-refractivity contribution in [2.45, 2.75) is 13.0 Å². The minimum atomic E-state index is -0.211. The molecular formula is C22H22N4O2. The number of rotatable bonds is 3. The number of carbonyl (C=O) groups excluding carboxylic acids is 2. The van der Waals surface area contributed by atoms with Gasteiger partial charge in [-0.2, -0.15) is 5.10 Å². The van der Waals surface area contributed by atoms with Gasteiger partial charge in [-0.3, -0.25) is 14.3 Å². The van der Waals surface area contributed by atoms with E-state index in [-0.39, 0.29) is 24.4 Å². The molecule has 1 saturated heterocycles. The maximum absolute atomic E-state index is 13.0. The average molecular weight is 374 g/mol. The van der Waals surface area contributed by atoms with E-state index in [0.717, 1.165) is 16.8 Å². The Kier molecular flexibility index (Phi) is 4.69. The molecule has 0 N–H and O–H groups in total. The molecule has 3 aromatic rings. The van der Waals surface area contributed by atoms with Crippen LogP contribution in [0.4, 0.5) is 5.69 Å². The standard InChI is InChI=1S/C22H22N4O2/c1-16-14-26(20-11-7-6-10-18(20)17-8-4-3-5-9-17)21(27)15-25(16)22(28)19-12-13-24(2)23-19/h3-13,16H,14-15H2,1-2H3/t16-/m1/s1. The van der Waals surface area contributed by atoms with E-state index < -0.39 is 0 Å². The molecule has 142 valence electrons. The van der Waals surface area contributed by atoms with E-state index in [1.165, 1.54) is 0 Å². The minimum Gasteiger partial charge on any atom is -0.323 e. The van der Waals surface area contributed by atoms with Crippen molar-refractivity contribution in [3.05, 3.63) is 72.6 Å². The third-order valence-corrected chi connectivity index (χ3v) is 5.06. The number of hydrogen-bond donors (Lipinski definition) is 0. The molecule has 1 fully saturated rings. The molecule has 4 rings (SSSR count). The summed E-state index contributed by atoms with van der Waals surface area (Å²) in [5, 5.41) is 4.18. The van der Waals surface area contributed by atoms with E-state index >= 15 is 0 Å². The Labute approximate surface area is 164 Å². The highest BCUT2D eigenvalue weighted by atomic mass is 16.2. The van der Waals surface area contributed by atoms with E-state index in [4.69, 9.17) is 0 Å². The number of anilines is 1. The molecule has 1 aliphatic heterocycles. The van der Waals surface area contributed by atoms with Crippen LogP contribution < -0.4 is 4.90 Å². The van der Waals surface area contributed by atoms with Crippen LogP contribution in [0.25, 0.3) is 11.1 Å². The summed E-state index contributed by atoms with van der Waals surface area (Å²) >= 11 is 0. The van der Waals surface area contributed by atoms with Crippen LogP contribution in [0.2, 0.25) is 0 Å². The molecule has 0 saturated carbocycles. The van der Waals surface area contributed by atoms with Gasteiger partial charge in [-0.1, -0.05) is 48.5 Å². The molecule has 1 aromatic heterocycles. The summed E-state index contributed by atoms with van der Waals surface area (Å²) in [5.74, 6) is -0.303. The maximum atomic E-state index is 13.0. The average Bonchev–Trinajstić information content (AvgIpc) is 3.16. The SMILES string of the molecule is C[C@@H]1CN(c2ccccc2-c2ccccc2)C(=O)CN1C(=O)c1ccn(C)n1. The van der Waals surface area contributed by atoms with E-state index in [1.54, 1.807) is 33.8 Å².